The Morgan fingerprint density at radius 2 is 2.21 bits per heavy atom. The van der Waals surface area contributed by atoms with Gasteiger partial charge in [0.25, 0.3) is 0 Å². The van der Waals surface area contributed by atoms with Crippen molar-refractivity contribution in [1.29, 1.82) is 0 Å². The van der Waals surface area contributed by atoms with E-state index in [9.17, 15) is 0 Å². The number of nitrogens with zero attached hydrogens (tertiary/aromatic N) is 2. The number of aromatic amines is 1. The predicted molar refractivity (Wildman–Crippen MR) is 81.9 cm³/mol. The predicted octanol–water partition coefficient (Wildman–Crippen LogP) is 2.27. The number of hydrogen-bond donors (Lipinski definition) is 2. The van der Waals surface area contributed by atoms with Crippen LogP contribution in [-0.4, -0.2) is 41.3 Å². The van der Waals surface area contributed by atoms with Crippen LogP contribution in [0.3, 0.4) is 0 Å². The molecule has 5 heteroatoms. The van der Waals surface area contributed by atoms with Crippen molar-refractivity contribution >= 4 is 12.4 Å². The van der Waals surface area contributed by atoms with Crippen molar-refractivity contribution in [2.45, 2.75) is 40.2 Å². The number of aromatic nitrogens is 2. The van der Waals surface area contributed by atoms with Crippen molar-refractivity contribution in [2.24, 2.45) is 5.92 Å². The summed E-state index contributed by atoms with van der Waals surface area (Å²) in [5, 5.41) is 10.9. The molecule has 1 fully saturated rings. The topological polar surface area (TPSA) is 44.0 Å². The van der Waals surface area contributed by atoms with Crippen LogP contribution < -0.4 is 5.32 Å². The Hall–Kier alpha value is -0.580. The lowest BCUT2D eigenvalue weighted by Crippen LogP contribution is -2.39. The molecule has 0 saturated carbocycles. The average molecular weight is 287 g/mol. The van der Waals surface area contributed by atoms with Gasteiger partial charge in [0.2, 0.25) is 0 Å². The number of rotatable bonds is 5. The van der Waals surface area contributed by atoms with Crippen LogP contribution in [0.5, 0.6) is 0 Å². The molecule has 1 aliphatic heterocycles. The summed E-state index contributed by atoms with van der Waals surface area (Å²) in [6.07, 6.45) is 2.72. The fourth-order valence-electron chi connectivity index (χ4n) is 2.84. The van der Waals surface area contributed by atoms with Crippen LogP contribution in [0.2, 0.25) is 0 Å². The second-order valence-electron chi connectivity index (χ2n) is 5.44. The van der Waals surface area contributed by atoms with Gasteiger partial charge in [-0.3, -0.25) is 5.10 Å². The SMILES string of the molecule is CCN1CCCC(CNCc2c(C)n[nH]c2C)C1.Cl. The van der Waals surface area contributed by atoms with E-state index in [2.05, 4.69) is 41.2 Å². The fraction of sp³-hybridized carbons (Fsp3) is 0.786. The summed E-state index contributed by atoms with van der Waals surface area (Å²) in [6, 6.07) is 0. The lowest BCUT2D eigenvalue weighted by Gasteiger charge is -2.31. The summed E-state index contributed by atoms with van der Waals surface area (Å²) in [4.78, 5) is 2.56. The molecule has 0 radical (unpaired) electrons. The number of hydrogen-bond acceptors (Lipinski definition) is 3. The smallest absolute Gasteiger partial charge is 0.0638 e. The van der Waals surface area contributed by atoms with Gasteiger partial charge in [-0.2, -0.15) is 5.10 Å². The molecule has 19 heavy (non-hydrogen) atoms. The fourth-order valence-corrected chi connectivity index (χ4v) is 2.84. The second-order valence-corrected chi connectivity index (χ2v) is 5.44. The Balaban J connectivity index is 0.00000180. The lowest BCUT2D eigenvalue weighted by molar-refractivity contribution is 0.180. The lowest BCUT2D eigenvalue weighted by atomic mass is 9.98. The van der Waals surface area contributed by atoms with Gasteiger partial charge in [-0.1, -0.05) is 6.92 Å². The molecule has 0 spiro atoms. The van der Waals surface area contributed by atoms with Crippen molar-refractivity contribution in [3.63, 3.8) is 0 Å². The van der Waals surface area contributed by atoms with Crippen molar-refractivity contribution in [1.82, 2.24) is 20.4 Å². The number of aryl methyl sites for hydroxylation is 2. The highest BCUT2D eigenvalue weighted by Gasteiger charge is 2.18. The van der Waals surface area contributed by atoms with Crippen LogP contribution in [0.4, 0.5) is 0 Å². The maximum absolute atomic E-state index is 4.23. The van der Waals surface area contributed by atoms with Gasteiger partial charge in [0.15, 0.2) is 0 Å². The number of nitrogens with one attached hydrogen (secondary N) is 2. The molecular weight excluding hydrogens is 260 g/mol. The third-order valence-corrected chi connectivity index (χ3v) is 4.07. The molecule has 1 saturated heterocycles. The van der Waals surface area contributed by atoms with E-state index in [4.69, 9.17) is 0 Å². The zero-order chi connectivity index (χ0) is 13.0. The summed E-state index contributed by atoms with van der Waals surface area (Å²) in [5.74, 6) is 0.811. The molecule has 2 rings (SSSR count). The minimum absolute atomic E-state index is 0. The van der Waals surface area contributed by atoms with Crippen LogP contribution >= 0.6 is 12.4 Å². The number of H-pyrrole nitrogens is 1. The molecule has 0 aromatic carbocycles. The van der Waals surface area contributed by atoms with Crippen molar-refractivity contribution in [3.8, 4) is 0 Å². The zero-order valence-electron chi connectivity index (χ0n) is 12.3. The zero-order valence-corrected chi connectivity index (χ0v) is 13.1. The van der Waals surface area contributed by atoms with Crippen LogP contribution in [0.15, 0.2) is 0 Å². The highest BCUT2D eigenvalue weighted by molar-refractivity contribution is 5.85. The van der Waals surface area contributed by atoms with Gasteiger partial charge in [-0.05, 0) is 52.2 Å². The maximum atomic E-state index is 4.23. The van der Waals surface area contributed by atoms with Crippen LogP contribution in [0.1, 0.15) is 36.7 Å². The summed E-state index contributed by atoms with van der Waals surface area (Å²) in [6.45, 7) is 12.2. The van der Waals surface area contributed by atoms with E-state index in [1.165, 1.54) is 43.7 Å². The molecule has 2 N–H and O–H groups in total. The van der Waals surface area contributed by atoms with Crippen molar-refractivity contribution < 1.29 is 0 Å². The number of likely N-dealkylation sites (tertiary alicyclic amines) is 1. The molecule has 1 atom stereocenters. The summed E-state index contributed by atoms with van der Waals surface area (Å²) < 4.78 is 0. The van der Waals surface area contributed by atoms with E-state index in [-0.39, 0.29) is 12.4 Å². The summed E-state index contributed by atoms with van der Waals surface area (Å²) in [5.41, 5.74) is 3.65. The van der Waals surface area contributed by atoms with Gasteiger partial charge in [0.05, 0.1) is 5.69 Å². The normalized spacial score (nSPS) is 20.3. The molecule has 1 aliphatic rings. The first-order valence-electron chi connectivity index (χ1n) is 7.14. The first-order chi connectivity index (χ1) is 8.70. The Labute approximate surface area is 122 Å². The molecule has 2 heterocycles. The Morgan fingerprint density at radius 3 is 2.84 bits per heavy atom. The van der Waals surface area contributed by atoms with Gasteiger partial charge in [-0.25, -0.2) is 0 Å². The van der Waals surface area contributed by atoms with Gasteiger partial charge < -0.3 is 10.2 Å². The highest BCUT2D eigenvalue weighted by Crippen LogP contribution is 2.15. The molecule has 0 bridgehead atoms. The van der Waals surface area contributed by atoms with E-state index < -0.39 is 0 Å². The Morgan fingerprint density at radius 1 is 1.42 bits per heavy atom. The second kappa shape index (κ2) is 7.88. The van der Waals surface area contributed by atoms with E-state index in [0.717, 1.165) is 24.7 Å². The van der Waals surface area contributed by atoms with Gasteiger partial charge in [-0.15, -0.1) is 12.4 Å². The van der Waals surface area contributed by atoms with E-state index >= 15 is 0 Å². The maximum Gasteiger partial charge on any atom is 0.0638 e. The van der Waals surface area contributed by atoms with Crippen LogP contribution in [0.25, 0.3) is 0 Å². The highest BCUT2D eigenvalue weighted by atomic mass is 35.5. The monoisotopic (exact) mass is 286 g/mol. The summed E-state index contributed by atoms with van der Waals surface area (Å²) in [7, 11) is 0. The van der Waals surface area contributed by atoms with Gasteiger partial charge in [0.1, 0.15) is 0 Å². The number of piperidine rings is 1. The Bertz CT molecular complexity index is 358. The first kappa shape index (κ1) is 16.5. The molecule has 0 amide bonds. The third kappa shape index (κ3) is 4.48. The molecule has 110 valence electrons. The molecule has 1 aromatic rings. The van der Waals surface area contributed by atoms with Crippen LogP contribution in [-0.2, 0) is 6.54 Å². The van der Waals surface area contributed by atoms with E-state index in [0.29, 0.717) is 0 Å². The summed E-state index contributed by atoms with van der Waals surface area (Å²) >= 11 is 0. The van der Waals surface area contributed by atoms with E-state index in [1.807, 2.05) is 0 Å². The van der Waals surface area contributed by atoms with Crippen LogP contribution in [0, 0.1) is 19.8 Å². The minimum atomic E-state index is 0. The van der Waals surface area contributed by atoms with Crippen molar-refractivity contribution in [2.75, 3.05) is 26.2 Å². The number of halogens is 1. The third-order valence-electron chi connectivity index (χ3n) is 4.07. The van der Waals surface area contributed by atoms with Gasteiger partial charge >= 0.3 is 0 Å². The quantitative estimate of drug-likeness (QED) is 0.873. The first-order valence-corrected chi connectivity index (χ1v) is 7.14. The van der Waals surface area contributed by atoms with Crippen molar-refractivity contribution in [3.05, 3.63) is 17.0 Å². The largest absolute Gasteiger partial charge is 0.312 e. The standard InChI is InChI=1S/C14H26N4.ClH/c1-4-18-7-5-6-13(10-18)8-15-9-14-11(2)16-17-12(14)3;/h13,15H,4-10H2,1-3H3,(H,16,17);1H. The molecule has 4 nitrogen and oxygen atoms in total. The average Bonchev–Trinajstić information content (AvgIpc) is 2.70. The Kier molecular flexibility index (Phi) is 6.83. The molecule has 1 aromatic heterocycles. The minimum Gasteiger partial charge on any atom is -0.312 e. The molecular formula is C14H27ClN4. The van der Waals surface area contributed by atoms with Gasteiger partial charge in [0, 0.05) is 24.3 Å². The molecule has 0 aliphatic carbocycles. The van der Waals surface area contributed by atoms with E-state index in [1.54, 1.807) is 0 Å². The molecule has 1 unspecified atom stereocenters.